The van der Waals surface area contributed by atoms with Gasteiger partial charge in [-0.25, -0.2) is 0 Å². The summed E-state index contributed by atoms with van der Waals surface area (Å²) in [5.74, 6) is 0.680. The second kappa shape index (κ2) is 9.39. The van der Waals surface area contributed by atoms with Gasteiger partial charge in [0.1, 0.15) is 0 Å². The van der Waals surface area contributed by atoms with Crippen molar-refractivity contribution in [2.75, 3.05) is 43.9 Å². The van der Waals surface area contributed by atoms with Crippen LogP contribution in [0, 0.1) is 5.92 Å². The Balaban J connectivity index is 1.72. The first-order valence-corrected chi connectivity index (χ1v) is 8.61. The van der Waals surface area contributed by atoms with Crippen molar-refractivity contribution in [1.82, 2.24) is 10.2 Å². The number of nitrogens with one attached hydrogen (secondary N) is 3. The fourth-order valence-electron chi connectivity index (χ4n) is 3.03. The van der Waals surface area contributed by atoms with Gasteiger partial charge in [0.15, 0.2) is 0 Å². The van der Waals surface area contributed by atoms with Gasteiger partial charge >= 0.3 is 0 Å². The number of rotatable bonds is 7. The lowest BCUT2D eigenvalue weighted by Gasteiger charge is -2.31. The topological polar surface area (TPSA) is 73.5 Å². The summed E-state index contributed by atoms with van der Waals surface area (Å²) in [5, 5.41) is 8.82. The van der Waals surface area contributed by atoms with Crippen LogP contribution in [0.5, 0.6) is 0 Å². The second-order valence-electron chi connectivity index (χ2n) is 6.42. The van der Waals surface area contributed by atoms with Gasteiger partial charge in [-0.3, -0.25) is 14.5 Å². The zero-order chi connectivity index (χ0) is 17.4. The summed E-state index contributed by atoms with van der Waals surface area (Å²) in [4.78, 5) is 25.4. The van der Waals surface area contributed by atoms with Crippen molar-refractivity contribution in [3.8, 4) is 0 Å². The third-order valence-electron chi connectivity index (χ3n) is 4.37. The van der Waals surface area contributed by atoms with Crippen molar-refractivity contribution in [2.24, 2.45) is 5.92 Å². The summed E-state index contributed by atoms with van der Waals surface area (Å²) >= 11 is 0. The van der Waals surface area contributed by atoms with Crippen molar-refractivity contribution in [3.63, 3.8) is 0 Å². The van der Waals surface area contributed by atoms with Gasteiger partial charge in [0.05, 0.1) is 6.54 Å². The molecule has 2 amide bonds. The number of likely N-dealkylation sites (tertiary alicyclic amines) is 1. The predicted molar refractivity (Wildman–Crippen MR) is 97.1 cm³/mol. The summed E-state index contributed by atoms with van der Waals surface area (Å²) in [5.41, 5.74) is 1.47. The standard InChI is InChI=1S/C18H28N4O2/c1-14(23)20-16-3-5-17(6-4-16)21-18(24)13-22-11-8-15(9-12-22)7-10-19-2/h3-6,15,19H,7-13H2,1-2H3,(H,20,23)(H,21,24). The number of carbonyl (C=O) groups is 2. The number of hydrogen-bond donors (Lipinski definition) is 3. The van der Waals surface area contributed by atoms with E-state index in [9.17, 15) is 9.59 Å². The summed E-state index contributed by atoms with van der Waals surface area (Å²) in [6, 6.07) is 7.16. The monoisotopic (exact) mass is 332 g/mol. The molecule has 3 N–H and O–H groups in total. The van der Waals surface area contributed by atoms with Crippen molar-refractivity contribution in [2.45, 2.75) is 26.2 Å². The lowest BCUT2D eigenvalue weighted by molar-refractivity contribution is -0.117. The molecule has 1 aromatic rings. The van der Waals surface area contributed by atoms with Gasteiger partial charge in [-0.05, 0) is 76.1 Å². The van der Waals surface area contributed by atoms with E-state index >= 15 is 0 Å². The Hall–Kier alpha value is -1.92. The van der Waals surface area contributed by atoms with E-state index in [2.05, 4.69) is 20.9 Å². The van der Waals surface area contributed by atoms with Crippen LogP contribution in [0.4, 0.5) is 11.4 Å². The smallest absolute Gasteiger partial charge is 0.238 e. The van der Waals surface area contributed by atoms with E-state index in [4.69, 9.17) is 0 Å². The predicted octanol–water partition coefficient (Wildman–Crippen LogP) is 1.90. The highest BCUT2D eigenvalue weighted by Crippen LogP contribution is 2.20. The molecule has 0 aromatic heterocycles. The second-order valence-corrected chi connectivity index (χ2v) is 6.42. The molecule has 1 aromatic carbocycles. The number of amides is 2. The minimum atomic E-state index is -0.107. The Morgan fingerprint density at radius 1 is 1.08 bits per heavy atom. The molecule has 1 heterocycles. The molecule has 0 atom stereocenters. The minimum Gasteiger partial charge on any atom is -0.326 e. The SMILES string of the molecule is CNCCC1CCN(CC(=O)Nc2ccc(NC(C)=O)cc2)CC1. The molecule has 0 aliphatic carbocycles. The Morgan fingerprint density at radius 2 is 1.67 bits per heavy atom. The number of hydrogen-bond acceptors (Lipinski definition) is 4. The van der Waals surface area contributed by atoms with Crippen LogP contribution in [0.2, 0.25) is 0 Å². The maximum Gasteiger partial charge on any atom is 0.238 e. The van der Waals surface area contributed by atoms with E-state index in [-0.39, 0.29) is 11.8 Å². The minimum absolute atomic E-state index is 0.0101. The van der Waals surface area contributed by atoms with E-state index in [1.807, 2.05) is 7.05 Å². The zero-order valence-electron chi connectivity index (χ0n) is 14.6. The van der Waals surface area contributed by atoms with Crippen LogP contribution in [0.3, 0.4) is 0 Å². The molecule has 0 saturated carbocycles. The maximum absolute atomic E-state index is 12.2. The molecule has 0 unspecified atom stereocenters. The lowest BCUT2D eigenvalue weighted by atomic mass is 9.93. The molecule has 0 bridgehead atoms. The summed E-state index contributed by atoms with van der Waals surface area (Å²) in [6.45, 7) is 4.95. The fraction of sp³-hybridized carbons (Fsp3) is 0.556. The van der Waals surface area contributed by atoms with Crippen LogP contribution in [0.1, 0.15) is 26.2 Å². The highest BCUT2D eigenvalue weighted by atomic mass is 16.2. The molecule has 6 nitrogen and oxygen atoms in total. The van der Waals surface area contributed by atoms with Crippen LogP contribution in [-0.2, 0) is 9.59 Å². The molecule has 1 saturated heterocycles. The average Bonchev–Trinajstić information content (AvgIpc) is 2.55. The summed E-state index contributed by atoms with van der Waals surface area (Å²) in [7, 11) is 1.99. The van der Waals surface area contributed by atoms with Gasteiger partial charge < -0.3 is 16.0 Å². The van der Waals surface area contributed by atoms with Crippen LogP contribution < -0.4 is 16.0 Å². The first kappa shape index (κ1) is 18.4. The number of carbonyl (C=O) groups excluding carboxylic acids is 2. The van der Waals surface area contributed by atoms with Gasteiger partial charge in [0.2, 0.25) is 11.8 Å². The van der Waals surface area contributed by atoms with E-state index in [1.165, 1.54) is 26.2 Å². The largest absolute Gasteiger partial charge is 0.326 e. The summed E-state index contributed by atoms with van der Waals surface area (Å²) in [6.07, 6.45) is 3.55. The molecule has 132 valence electrons. The zero-order valence-corrected chi connectivity index (χ0v) is 14.6. The van der Waals surface area contributed by atoms with E-state index in [0.717, 1.165) is 36.9 Å². The van der Waals surface area contributed by atoms with Crippen LogP contribution in [-0.4, -0.2) is 49.9 Å². The third kappa shape index (κ3) is 6.29. The molecule has 6 heteroatoms. The van der Waals surface area contributed by atoms with E-state index < -0.39 is 0 Å². The quantitative estimate of drug-likeness (QED) is 0.713. The third-order valence-corrected chi connectivity index (χ3v) is 4.37. The van der Waals surface area contributed by atoms with Gasteiger partial charge in [-0.1, -0.05) is 0 Å². The van der Waals surface area contributed by atoms with Crippen LogP contribution in [0.15, 0.2) is 24.3 Å². The van der Waals surface area contributed by atoms with Crippen LogP contribution in [0.25, 0.3) is 0 Å². The first-order valence-electron chi connectivity index (χ1n) is 8.61. The van der Waals surface area contributed by atoms with Crippen LogP contribution >= 0.6 is 0 Å². The van der Waals surface area contributed by atoms with Crippen molar-refractivity contribution in [1.29, 1.82) is 0 Å². The molecule has 2 rings (SSSR count). The highest BCUT2D eigenvalue weighted by Gasteiger charge is 2.20. The Labute approximate surface area is 144 Å². The number of nitrogens with zero attached hydrogens (tertiary/aromatic N) is 1. The lowest BCUT2D eigenvalue weighted by Crippen LogP contribution is -2.39. The Morgan fingerprint density at radius 3 is 2.21 bits per heavy atom. The highest BCUT2D eigenvalue weighted by molar-refractivity contribution is 5.93. The molecule has 24 heavy (non-hydrogen) atoms. The molecular formula is C18H28N4O2. The van der Waals surface area contributed by atoms with Gasteiger partial charge in [-0.2, -0.15) is 0 Å². The normalized spacial score (nSPS) is 15.9. The van der Waals surface area contributed by atoms with E-state index in [1.54, 1.807) is 24.3 Å². The van der Waals surface area contributed by atoms with Crippen molar-refractivity contribution in [3.05, 3.63) is 24.3 Å². The van der Waals surface area contributed by atoms with Gasteiger partial charge in [-0.15, -0.1) is 0 Å². The number of benzene rings is 1. The molecular weight excluding hydrogens is 304 g/mol. The Kier molecular flexibility index (Phi) is 7.21. The molecule has 0 radical (unpaired) electrons. The van der Waals surface area contributed by atoms with Crippen molar-refractivity contribution >= 4 is 23.2 Å². The first-order chi connectivity index (χ1) is 11.6. The summed E-state index contributed by atoms with van der Waals surface area (Å²) < 4.78 is 0. The molecule has 0 spiro atoms. The molecule has 1 aliphatic heterocycles. The Bertz CT molecular complexity index is 536. The van der Waals surface area contributed by atoms with Gasteiger partial charge in [0, 0.05) is 18.3 Å². The average molecular weight is 332 g/mol. The molecule has 1 aliphatic rings. The van der Waals surface area contributed by atoms with Crippen molar-refractivity contribution < 1.29 is 9.59 Å². The maximum atomic E-state index is 12.2. The number of anilines is 2. The molecule has 1 fully saturated rings. The van der Waals surface area contributed by atoms with E-state index in [0.29, 0.717) is 6.54 Å². The van der Waals surface area contributed by atoms with Gasteiger partial charge in [0.25, 0.3) is 0 Å². The fourth-order valence-corrected chi connectivity index (χ4v) is 3.03. The number of piperidine rings is 1.